The summed E-state index contributed by atoms with van der Waals surface area (Å²) in [4.78, 5) is 34.4. The second-order valence-corrected chi connectivity index (χ2v) is 8.16. The van der Waals surface area contributed by atoms with Crippen molar-refractivity contribution in [2.24, 2.45) is 0 Å². The van der Waals surface area contributed by atoms with Crippen molar-refractivity contribution in [3.05, 3.63) is 67.9 Å². The van der Waals surface area contributed by atoms with E-state index >= 15 is 0 Å². The second kappa shape index (κ2) is 8.39. The molecule has 0 aliphatic carbocycles. The van der Waals surface area contributed by atoms with Crippen molar-refractivity contribution in [2.45, 2.75) is 18.8 Å². The van der Waals surface area contributed by atoms with Crippen molar-refractivity contribution < 1.29 is 9.53 Å². The van der Waals surface area contributed by atoms with Gasteiger partial charge in [-0.3, -0.25) is 9.59 Å². The van der Waals surface area contributed by atoms with Crippen LogP contribution in [-0.2, 0) is 0 Å². The van der Waals surface area contributed by atoms with Crippen LogP contribution >= 0.6 is 22.9 Å². The number of carbonyl (C=O) groups is 1. The predicted molar refractivity (Wildman–Crippen MR) is 114 cm³/mol. The van der Waals surface area contributed by atoms with E-state index in [0.29, 0.717) is 40.9 Å². The molecule has 6 nitrogen and oxygen atoms in total. The molecule has 150 valence electrons. The number of methoxy groups -OCH3 is 1. The maximum atomic E-state index is 13.0. The van der Waals surface area contributed by atoms with E-state index in [2.05, 4.69) is 9.97 Å². The number of ether oxygens (including phenoxy) is 1. The summed E-state index contributed by atoms with van der Waals surface area (Å²) in [5.41, 5.74) is 1.94. The standard InChI is InChI=1S/C21H20ClN3O3S/c1-28-18-3-2-15(22)10-16(18)21(27)25-7-4-13(5-8-25)20-23-17(11-19(26)24-20)14-6-9-29-12-14/h2-3,6,9-13H,4-5,7-8H2,1H3,(H,23,24,26). The molecule has 4 rings (SSSR count). The number of aromatic nitrogens is 2. The zero-order valence-electron chi connectivity index (χ0n) is 15.9. The van der Waals surface area contributed by atoms with Gasteiger partial charge in [0.2, 0.25) is 0 Å². The van der Waals surface area contributed by atoms with E-state index in [-0.39, 0.29) is 17.4 Å². The number of thiophene rings is 1. The molecule has 8 heteroatoms. The number of H-pyrrole nitrogens is 1. The van der Waals surface area contributed by atoms with Crippen molar-refractivity contribution in [1.82, 2.24) is 14.9 Å². The van der Waals surface area contributed by atoms with Crippen LogP contribution in [0.4, 0.5) is 0 Å². The topological polar surface area (TPSA) is 75.3 Å². The Balaban J connectivity index is 1.50. The minimum atomic E-state index is -0.154. The third-order valence-electron chi connectivity index (χ3n) is 5.14. The fourth-order valence-corrected chi connectivity index (χ4v) is 4.42. The first-order valence-electron chi connectivity index (χ1n) is 9.32. The zero-order chi connectivity index (χ0) is 20.4. The van der Waals surface area contributed by atoms with E-state index in [4.69, 9.17) is 16.3 Å². The highest BCUT2D eigenvalue weighted by Gasteiger charge is 2.27. The minimum Gasteiger partial charge on any atom is -0.496 e. The molecule has 29 heavy (non-hydrogen) atoms. The Bertz CT molecular complexity index is 1070. The number of benzene rings is 1. The van der Waals surface area contributed by atoms with Crippen LogP contribution in [0.3, 0.4) is 0 Å². The van der Waals surface area contributed by atoms with Crippen LogP contribution in [0.5, 0.6) is 5.75 Å². The molecular formula is C21H20ClN3O3S. The lowest BCUT2D eigenvalue weighted by Crippen LogP contribution is -2.38. The van der Waals surface area contributed by atoms with Crippen molar-refractivity contribution in [3.63, 3.8) is 0 Å². The molecule has 0 unspecified atom stereocenters. The molecule has 0 saturated carbocycles. The number of likely N-dealkylation sites (tertiary alicyclic amines) is 1. The van der Waals surface area contributed by atoms with Gasteiger partial charge in [0.15, 0.2) is 0 Å². The van der Waals surface area contributed by atoms with Crippen molar-refractivity contribution in [2.75, 3.05) is 20.2 Å². The maximum Gasteiger partial charge on any atom is 0.257 e. The number of amides is 1. The molecular weight excluding hydrogens is 410 g/mol. The fraction of sp³-hybridized carbons (Fsp3) is 0.286. The zero-order valence-corrected chi connectivity index (χ0v) is 17.4. The van der Waals surface area contributed by atoms with Crippen LogP contribution in [0, 0.1) is 0 Å². The molecule has 1 aliphatic rings. The van der Waals surface area contributed by atoms with Crippen LogP contribution in [0.15, 0.2) is 45.9 Å². The highest BCUT2D eigenvalue weighted by atomic mass is 35.5. The van der Waals surface area contributed by atoms with Gasteiger partial charge in [-0.15, -0.1) is 0 Å². The minimum absolute atomic E-state index is 0.101. The van der Waals surface area contributed by atoms with E-state index in [1.165, 1.54) is 13.2 Å². The van der Waals surface area contributed by atoms with Crippen LogP contribution < -0.4 is 10.3 Å². The highest BCUT2D eigenvalue weighted by molar-refractivity contribution is 7.08. The Morgan fingerprint density at radius 2 is 2.07 bits per heavy atom. The Labute approximate surface area is 177 Å². The summed E-state index contributed by atoms with van der Waals surface area (Å²) in [5.74, 6) is 1.20. The van der Waals surface area contributed by atoms with Crippen LogP contribution in [0.1, 0.15) is 34.9 Å². The molecule has 1 aliphatic heterocycles. The van der Waals surface area contributed by atoms with Gasteiger partial charge in [-0.2, -0.15) is 11.3 Å². The van der Waals surface area contributed by atoms with Crippen molar-refractivity contribution >= 4 is 28.8 Å². The maximum absolute atomic E-state index is 13.0. The Morgan fingerprint density at radius 3 is 2.76 bits per heavy atom. The monoisotopic (exact) mass is 429 g/mol. The third-order valence-corrected chi connectivity index (χ3v) is 6.06. The smallest absolute Gasteiger partial charge is 0.257 e. The summed E-state index contributed by atoms with van der Waals surface area (Å²) in [6, 6.07) is 8.52. The van der Waals surface area contributed by atoms with Crippen LogP contribution in [-0.4, -0.2) is 41.0 Å². The van der Waals surface area contributed by atoms with Gasteiger partial charge >= 0.3 is 0 Å². The van der Waals surface area contributed by atoms with Gasteiger partial charge in [-0.1, -0.05) is 11.6 Å². The largest absolute Gasteiger partial charge is 0.496 e. The van der Waals surface area contributed by atoms with E-state index in [9.17, 15) is 9.59 Å². The molecule has 3 heterocycles. The summed E-state index contributed by atoms with van der Waals surface area (Å²) in [6.07, 6.45) is 1.45. The molecule has 0 spiro atoms. The Kier molecular flexibility index (Phi) is 5.69. The van der Waals surface area contributed by atoms with Gasteiger partial charge in [0.25, 0.3) is 11.5 Å². The van der Waals surface area contributed by atoms with Crippen LogP contribution in [0.25, 0.3) is 11.3 Å². The number of aromatic amines is 1. The van der Waals surface area contributed by atoms with Gasteiger partial charge in [0.1, 0.15) is 11.6 Å². The molecule has 1 N–H and O–H groups in total. The number of carbonyl (C=O) groups excluding carboxylic acids is 1. The molecule has 3 aromatic rings. The molecule has 2 aromatic heterocycles. The van der Waals surface area contributed by atoms with Gasteiger partial charge in [-0.05, 0) is 42.5 Å². The summed E-state index contributed by atoms with van der Waals surface area (Å²) in [5, 5.41) is 4.44. The number of hydrogen-bond donors (Lipinski definition) is 1. The molecule has 0 radical (unpaired) electrons. The Morgan fingerprint density at radius 1 is 1.28 bits per heavy atom. The number of nitrogens with zero attached hydrogens (tertiary/aromatic N) is 2. The molecule has 0 bridgehead atoms. The fourth-order valence-electron chi connectivity index (χ4n) is 3.60. The normalized spacial score (nSPS) is 14.8. The first-order chi connectivity index (χ1) is 14.0. The predicted octanol–water partition coefficient (Wildman–Crippen LogP) is 4.18. The number of rotatable bonds is 4. The number of nitrogens with one attached hydrogen (secondary N) is 1. The van der Waals surface area contributed by atoms with Crippen molar-refractivity contribution in [3.8, 4) is 17.0 Å². The summed E-state index contributed by atoms with van der Waals surface area (Å²) in [7, 11) is 1.54. The van der Waals surface area contributed by atoms with E-state index in [1.807, 2.05) is 16.8 Å². The number of piperidine rings is 1. The molecule has 1 amide bonds. The lowest BCUT2D eigenvalue weighted by atomic mass is 9.95. The Hall–Kier alpha value is -2.64. The van der Waals surface area contributed by atoms with Gasteiger partial charge in [-0.25, -0.2) is 4.98 Å². The summed E-state index contributed by atoms with van der Waals surface area (Å²) >= 11 is 7.64. The SMILES string of the molecule is COc1ccc(Cl)cc1C(=O)N1CCC(c2nc(-c3ccsc3)cc(=O)[nH]2)CC1. The molecule has 1 saturated heterocycles. The van der Waals surface area contributed by atoms with Gasteiger partial charge in [0.05, 0.1) is 18.4 Å². The van der Waals surface area contributed by atoms with Crippen LogP contribution in [0.2, 0.25) is 5.02 Å². The first-order valence-corrected chi connectivity index (χ1v) is 10.6. The van der Waals surface area contributed by atoms with Gasteiger partial charge in [0, 0.05) is 41.0 Å². The second-order valence-electron chi connectivity index (χ2n) is 6.94. The van der Waals surface area contributed by atoms with E-state index in [1.54, 1.807) is 34.4 Å². The average molecular weight is 430 g/mol. The summed E-state index contributed by atoms with van der Waals surface area (Å²) < 4.78 is 5.31. The van der Waals surface area contributed by atoms with E-state index < -0.39 is 0 Å². The number of hydrogen-bond acceptors (Lipinski definition) is 5. The van der Waals surface area contributed by atoms with E-state index in [0.717, 1.165) is 18.4 Å². The lowest BCUT2D eigenvalue weighted by Gasteiger charge is -2.32. The quantitative estimate of drug-likeness (QED) is 0.675. The third kappa shape index (κ3) is 4.21. The average Bonchev–Trinajstić information content (AvgIpc) is 3.28. The molecule has 1 aromatic carbocycles. The lowest BCUT2D eigenvalue weighted by molar-refractivity contribution is 0.0707. The first kappa shape index (κ1) is 19.7. The molecule has 0 atom stereocenters. The molecule has 1 fully saturated rings. The number of halogens is 1. The van der Waals surface area contributed by atoms with Crippen molar-refractivity contribution in [1.29, 1.82) is 0 Å². The van der Waals surface area contributed by atoms with Gasteiger partial charge < -0.3 is 14.6 Å². The summed E-state index contributed by atoms with van der Waals surface area (Å²) in [6.45, 7) is 1.15. The highest BCUT2D eigenvalue weighted by Crippen LogP contribution is 2.30.